The second-order valence-electron chi connectivity index (χ2n) is 5.15. The van der Waals surface area contributed by atoms with Crippen LogP contribution in [0, 0.1) is 6.92 Å². The van der Waals surface area contributed by atoms with Gasteiger partial charge in [0.2, 0.25) is 15.9 Å². The number of amides is 1. The number of rotatable bonds is 6. The predicted molar refractivity (Wildman–Crippen MR) is 103 cm³/mol. The van der Waals surface area contributed by atoms with E-state index >= 15 is 0 Å². The van der Waals surface area contributed by atoms with Gasteiger partial charge >= 0.3 is 0 Å². The molecule has 0 saturated heterocycles. The summed E-state index contributed by atoms with van der Waals surface area (Å²) >= 11 is 4.79. The van der Waals surface area contributed by atoms with Crippen molar-refractivity contribution >= 4 is 49.3 Å². The number of primary sulfonamides is 1. The molecule has 0 heterocycles. The van der Waals surface area contributed by atoms with E-state index in [0.29, 0.717) is 5.75 Å². The fourth-order valence-corrected chi connectivity index (χ4v) is 3.89. The second-order valence-corrected chi connectivity index (χ2v) is 8.65. The zero-order valence-corrected chi connectivity index (χ0v) is 16.8. The monoisotopic (exact) mass is 444 g/mol. The number of methoxy groups -OCH3 is 1. The van der Waals surface area contributed by atoms with E-state index in [-0.39, 0.29) is 22.2 Å². The molecule has 0 aromatic heterocycles. The number of nitrogens with one attached hydrogen (secondary N) is 1. The van der Waals surface area contributed by atoms with Crippen LogP contribution in [0.15, 0.2) is 50.7 Å². The molecule has 25 heavy (non-hydrogen) atoms. The molecule has 0 saturated carbocycles. The number of nitrogens with two attached hydrogens (primary N) is 1. The molecule has 2 rings (SSSR count). The lowest BCUT2D eigenvalue weighted by molar-refractivity contribution is -0.113. The molecule has 0 radical (unpaired) electrons. The molecule has 0 atom stereocenters. The third-order valence-electron chi connectivity index (χ3n) is 3.27. The number of carbonyl (C=O) groups is 1. The summed E-state index contributed by atoms with van der Waals surface area (Å²) in [5.74, 6) is 0.244. The lowest BCUT2D eigenvalue weighted by Gasteiger charge is -2.12. The Kier molecular flexibility index (Phi) is 6.50. The first-order chi connectivity index (χ1) is 11.7. The molecular formula is C16H17BrN2O4S2. The highest BCUT2D eigenvalue weighted by Gasteiger charge is 2.14. The minimum absolute atomic E-state index is 0.0972. The van der Waals surface area contributed by atoms with Crippen molar-refractivity contribution in [1.29, 1.82) is 0 Å². The SMILES string of the molecule is COc1ccc(S(N)(=O)=O)cc1NC(=O)CSc1ccc(Br)cc1C. The van der Waals surface area contributed by atoms with Crippen molar-refractivity contribution in [3.63, 3.8) is 0 Å². The average molecular weight is 445 g/mol. The molecule has 0 bridgehead atoms. The molecule has 0 fully saturated rings. The number of aryl methyl sites for hydroxylation is 1. The first-order valence-electron chi connectivity index (χ1n) is 7.10. The molecule has 9 heteroatoms. The number of hydrogen-bond donors (Lipinski definition) is 2. The Morgan fingerprint density at radius 3 is 2.60 bits per heavy atom. The smallest absolute Gasteiger partial charge is 0.238 e. The van der Waals surface area contributed by atoms with Gasteiger partial charge in [-0.25, -0.2) is 13.6 Å². The van der Waals surface area contributed by atoms with Gasteiger partial charge < -0.3 is 10.1 Å². The maximum Gasteiger partial charge on any atom is 0.238 e. The summed E-state index contributed by atoms with van der Waals surface area (Å²) in [4.78, 5) is 13.1. The second kappa shape index (κ2) is 8.22. The molecular weight excluding hydrogens is 428 g/mol. The number of benzene rings is 2. The van der Waals surface area contributed by atoms with Gasteiger partial charge in [-0.1, -0.05) is 15.9 Å². The van der Waals surface area contributed by atoms with Gasteiger partial charge in [-0.2, -0.15) is 0 Å². The molecule has 0 unspecified atom stereocenters. The van der Waals surface area contributed by atoms with E-state index in [1.807, 2.05) is 25.1 Å². The van der Waals surface area contributed by atoms with E-state index in [2.05, 4.69) is 21.2 Å². The maximum absolute atomic E-state index is 12.2. The number of ether oxygens (including phenoxy) is 1. The predicted octanol–water partition coefficient (Wildman–Crippen LogP) is 3.14. The van der Waals surface area contributed by atoms with Gasteiger partial charge in [0.15, 0.2) is 0 Å². The topological polar surface area (TPSA) is 98.5 Å². The van der Waals surface area contributed by atoms with Crippen LogP contribution in [0.5, 0.6) is 5.75 Å². The van der Waals surface area contributed by atoms with Crippen LogP contribution in [-0.4, -0.2) is 27.2 Å². The van der Waals surface area contributed by atoms with Crippen molar-refractivity contribution in [3.8, 4) is 5.75 Å². The van der Waals surface area contributed by atoms with Crippen LogP contribution in [-0.2, 0) is 14.8 Å². The van der Waals surface area contributed by atoms with Crippen molar-refractivity contribution < 1.29 is 17.9 Å². The quantitative estimate of drug-likeness (QED) is 0.666. The molecule has 6 nitrogen and oxygen atoms in total. The Hall–Kier alpha value is -1.55. The highest BCUT2D eigenvalue weighted by molar-refractivity contribution is 9.10. The number of halogens is 1. The number of carbonyl (C=O) groups excluding carboxylic acids is 1. The van der Waals surface area contributed by atoms with Crippen LogP contribution in [0.1, 0.15) is 5.56 Å². The molecule has 3 N–H and O–H groups in total. The first-order valence-corrected chi connectivity index (χ1v) is 10.4. The lowest BCUT2D eigenvalue weighted by Crippen LogP contribution is -2.16. The Morgan fingerprint density at radius 2 is 2.00 bits per heavy atom. The summed E-state index contributed by atoms with van der Waals surface area (Å²) in [6.07, 6.45) is 0. The lowest BCUT2D eigenvalue weighted by atomic mass is 10.2. The van der Waals surface area contributed by atoms with Crippen LogP contribution >= 0.6 is 27.7 Å². The standard InChI is InChI=1S/C16H17BrN2O4S2/c1-10-7-11(17)3-6-15(10)24-9-16(20)19-13-8-12(25(18,21)22)4-5-14(13)23-2/h3-8H,9H2,1-2H3,(H,19,20)(H2,18,21,22). The number of anilines is 1. The van der Waals surface area contributed by atoms with E-state index in [0.717, 1.165) is 14.9 Å². The Balaban J connectivity index is 2.11. The maximum atomic E-state index is 12.2. The Labute approximate surface area is 159 Å². The largest absolute Gasteiger partial charge is 0.495 e. The molecule has 2 aromatic rings. The Morgan fingerprint density at radius 1 is 1.28 bits per heavy atom. The summed E-state index contributed by atoms with van der Waals surface area (Å²) < 4.78 is 29.0. The number of thioether (sulfide) groups is 1. The van der Waals surface area contributed by atoms with E-state index in [9.17, 15) is 13.2 Å². The van der Waals surface area contributed by atoms with E-state index in [4.69, 9.17) is 9.88 Å². The average Bonchev–Trinajstić information content (AvgIpc) is 2.53. The van der Waals surface area contributed by atoms with Crippen LogP contribution < -0.4 is 15.2 Å². The molecule has 2 aromatic carbocycles. The van der Waals surface area contributed by atoms with Gasteiger partial charge in [-0.3, -0.25) is 4.79 Å². The van der Waals surface area contributed by atoms with Crippen molar-refractivity contribution in [2.45, 2.75) is 16.7 Å². The number of hydrogen-bond acceptors (Lipinski definition) is 5. The van der Waals surface area contributed by atoms with Gasteiger partial charge in [0.1, 0.15) is 5.75 Å². The van der Waals surface area contributed by atoms with Crippen molar-refractivity contribution in [1.82, 2.24) is 0 Å². The number of sulfonamides is 1. The highest BCUT2D eigenvalue weighted by atomic mass is 79.9. The van der Waals surface area contributed by atoms with Crippen LogP contribution in [0.2, 0.25) is 0 Å². The van der Waals surface area contributed by atoms with Crippen molar-refractivity contribution in [2.75, 3.05) is 18.2 Å². The zero-order valence-electron chi connectivity index (χ0n) is 13.6. The van der Waals surface area contributed by atoms with Gasteiger partial charge in [-0.15, -0.1) is 11.8 Å². The van der Waals surface area contributed by atoms with Gasteiger partial charge in [0, 0.05) is 9.37 Å². The zero-order chi connectivity index (χ0) is 18.6. The van der Waals surface area contributed by atoms with Gasteiger partial charge in [-0.05, 0) is 48.9 Å². The summed E-state index contributed by atoms with van der Waals surface area (Å²) in [5, 5.41) is 7.78. The van der Waals surface area contributed by atoms with Crippen LogP contribution in [0.4, 0.5) is 5.69 Å². The van der Waals surface area contributed by atoms with Crippen molar-refractivity contribution in [3.05, 3.63) is 46.4 Å². The molecule has 0 aliphatic carbocycles. The third-order valence-corrected chi connectivity index (χ3v) is 5.85. The normalized spacial score (nSPS) is 11.2. The highest BCUT2D eigenvalue weighted by Crippen LogP contribution is 2.28. The summed E-state index contributed by atoms with van der Waals surface area (Å²) in [6, 6.07) is 9.86. The minimum atomic E-state index is -3.87. The molecule has 134 valence electrons. The molecule has 0 aliphatic rings. The van der Waals surface area contributed by atoms with Gasteiger partial charge in [0.05, 0.1) is 23.4 Å². The van der Waals surface area contributed by atoms with E-state index in [1.165, 1.54) is 37.1 Å². The van der Waals surface area contributed by atoms with E-state index < -0.39 is 10.0 Å². The third kappa shape index (κ3) is 5.46. The summed E-state index contributed by atoms with van der Waals surface area (Å²) in [6.45, 7) is 1.96. The van der Waals surface area contributed by atoms with Crippen LogP contribution in [0.25, 0.3) is 0 Å². The molecule has 1 amide bonds. The molecule has 0 spiro atoms. The summed E-state index contributed by atoms with van der Waals surface area (Å²) in [5.41, 5.74) is 1.31. The Bertz CT molecular complexity index is 901. The van der Waals surface area contributed by atoms with Crippen LogP contribution in [0.3, 0.4) is 0 Å². The first kappa shape index (κ1) is 19.8. The van der Waals surface area contributed by atoms with Crippen molar-refractivity contribution in [2.24, 2.45) is 5.14 Å². The van der Waals surface area contributed by atoms with Gasteiger partial charge in [0.25, 0.3) is 0 Å². The molecule has 0 aliphatic heterocycles. The fraction of sp³-hybridized carbons (Fsp3) is 0.188. The summed E-state index contributed by atoms with van der Waals surface area (Å²) in [7, 11) is -2.44. The fourth-order valence-electron chi connectivity index (χ4n) is 2.07. The minimum Gasteiger partial charge on any atom is -0.495 e. The van der Waals surface area contributed by atoms with E-state index in [1.54, 1.807) is 0 Å².